The molecule has 1 aromatic heterocycles. The zero-order valence-electron chi connectivity index (χ0n) is 10.2. The van der Waals surface area contributed by atoms with E-state index in [-0.39, 0.29) is 18.7 Å². The van der Waals surface area contributed by atoms with Gasteiger partial charge in [0, 0.05) is 19.5 Å². The van der Waals surface area contributed by atoms with E-state index < -0.39 is 11.6 Å². The van der Waals surface area contributed by atoms with Gasteiger partial charge in [-0.15, -0.1) is 10.2 Å². The largest absolute Gasteiger partial charge is 0.303 e. The third-order valence-electron chi connectivity index (χ3n) is 2.60. The number of carbonyl (C=O) groups excluding carboxylic acids is 1. The van der Waals surface area contributed by atoms with Gasteiger partial charge in [0.1, 0.15) is 18.0 Å². The zero-order chi connectivity index (χ0) is 13.8. The first-order valence-corrected chi connectivity index (χ1v) is 5.64. The molecule has 0 aliphatic carbocycles. The van der Waals surface area contributed by atoms with E-state index in [1.165, 1.54) is 18.5 Å². The van der Waals surface area contributed by atoms with Gasteiger partial charge in [-0.2, -0.15) is 0 Å². The molecule has 1 heterocycles. The van der Waals surface area contributed by atoms with Gasteiger partial charge in [-0.3, -0.25) is 10.1 Å². The van der Waals surface area contributed by atoms with Gasteiger partial charge in [0.15, 0.2) is 0 Å². The summed E-state index contributed by atoms with van der Waals surface area (Å²) in [7, 11) is 1.69. The van der Waals surface area contributed by atoms with Crippen LogP contribution in [0.25, 0.3) is 0 Å². The number of anilines is 1. The van der Waals surface area contributed by atoms with Crippen LogP contribution in [0.5, 0.6) is 0 Å². The van der Waals surface area contributed by atoms with E-state index in [1.54, 1.807) is 11.6 Å². The maximum Gasteiger partial charge on any atom is 0.230 e. The summed E-state index contributed by atoms with van der Waals surface area (Å²) in [4.78, 5) is 11.6. The van der Waals surface area contributed by atoms with Crippen LogP contribution in [-0.4, -0.2) is 20.7 Å². The Hall–Kier alpha value is -2.31. The van der Waals surface area contributed by atoms with Crippen molar-refractivity contribution < 1.29 is 13.6 Å². The number of amides is 1. The molecule has 7 heteroatoms. The molecule has 0 aliphatic heterocycles. The minimum Gasteiger partial charge on any atom is -0.303 e. The van der Waals surface area contributed by atoms with Crippen LogP contribution < -0.4 is 5.32 Å². The van der Waals surface area contributed by atoms with Crippen molar-refractivity contribution >= 4 is 11.9 Å². The van der Waals surface area contributed by atoms with E-state index in [2.05, 4.69) is 15.5 Å². The standard InChI is InChI=1S/C12H12F2N4O/c1-18-7-15-17-12(18)16-11(19)5-3-8-2-4-9(13)6-10(8)14/h2,4,6-7H,3,5H2,1H3,(H,16,17,19). The molecule has 0 saturated carbocycles. The first kappa shape index (κ1) is 13.1. The second-order valence-corrected chi connectivity index (χ2v) is 4.05. The summed E-state index contributed by atoms with van der Waals surface area (Å²) >= 11 is 0. The molecule has 0 saturated heterocycles. The molecular formula is C12H12F2N4O. The number of carbonyl (C=O) groups is 1. The van der Waals surface area contributed by atoms with Crippen molar-refractivity contribution in [1.82, 2.24) is 14.8 Å². The van der Waals surface area contributed by atoms with Crippen molar-refractivity contribution in [3.05, 3.63) is 41.7 Å². The number of aryl methyl sites for hydroxylation is 2. The number of hydrogen-bond acceptors (Lipinski definition) is 3. The Morgan fingerprint density at radius 1 is 1.42 bits per heavy atom. The number of benzene rings is 1. The van der Waals surface area contributed by atoms with Crippen LogP contribution in [0.3, 0.4) is 0 Å². The molecule has 1 aromatic carbocycles. The summed E-state index contributed by atoms with van der Waals surface area (Å²) < 4.78 is 27.6. The molecule has 2 rings (SSSR count). The van der Waals surface area contributed by atoms with Gasteiger partial charge in [0.25, 0.3) is 0 Å². The van der Waals surface area contributed by atoms with Gasteiger partial charge >= 0.3 is 0 Å². The minimum absolute atomic E-state index is 0.0788. The molecule has 1 amide bonds. The molecule has 0 bridgehead atoms. The molecular weight excluding hydrogens is 254 g/mol. The third kappa shape index (κ3) is 3.34. The van der Waals surface area contributed by atoms with Crippen molar-refractivity contribution in [2.24, 2.45) is 7.05 Å². The topological polar surface area (TPSA) is 59.8 Å². The predicted octanol–water partition coefficient (Wildman–Crippen LogP) is 1.66. The Bertz CT molecular complexity index is 597. The van der Waals surface area contributed by atoms with Crippen LogP contribution in [-0.2, 0) is 18.3 Å². The number of nitrogens with zero attached hydrogens (tertiary/aromatic N) is 3. The highest BCUT2D eigenvalue weighted by atomic mass is 19.1. The number of nitrogens with one attached hydrogen (secondary N) is 1. The molecule has 1 N–H and O–H groups in total. The highest BCUT2D eigenvalue weighted by Gasteiger charge is 2.09. The van der Waals surface area contributed by atoms with Gasteiger partial charge < -0.3 is 4.57 Å². The van der Waals surface area contributed by atoms with Gasteiger partial charge in [0.05, 0.1) is 0 Å². The number of halogens is 2. The van der Waals surface area contributed by atoms with Crippen LogP contribution in [0.4, 0.5) is 14.7 Å². The Kier molecular flexibility index (Phi) is 3.84. The van der Waals surface area contributed by atoms with Gasteiger partial charge in [-0.25, -0.2) is 8.78 Å². The highest BCUT2D eigenvalue weighted by molar-refractivity contribution is 5.89. The fourth-order valence-corrected chi connectivity index (χ4v) is 1.56. The SMILES string of the molecule is Cn1cnnc1NC(=O)CCc1ccc(F)cc1F. The maximum absolute atomic E-state index is 13.3. The normalized spacial score (nSPS) is 10.5. The number of aromatic nitrogens is 3. The van der Waals surface area contributed by atoms with Crippen LogP contribution >= 0.6 is 0 Å². The average molecular weight is 266 g/mol. The monoisotopic (exact) mass is 266 g/mol. The second kappa shape index (κ2) is 5.55. The van der Waals surface area contributed by atoms with Crippen molar-refractivity contribution in [2.75, 3.05) is 5.32 Å². The van der Waals surface area contributed by atoms with E-state index in [0.717, 1.165) is 6.07 Å². The summed E-state index contributed by atoms with van der Waals surface area (Å²) in [5, 5.41) is 9.86. The van der Waals surface area contributed by atoms with Crippen LogP contribution in [0, 0.1) is 11.6 Å². The van der Waals surface area contributed by atoms with E-state index >= 15 is 0 Å². The van der Waals surface area contributed by atoms with Crippen LogP contribution in [0.1, 0.15) is 12.0 Å². The molecule has 2 aromatic rings. The van der Waals surface area contributed by atoms with Crippen molar-refractivity contribution in [3.8, 4) is 0 Å². The molecule has 0 fully saturated rings. The summed E-state index contributed by atoms with van der Waals surface area (Å²) in [6.45, 7) is 0. The molecule has 19 heavy (non-hydrogen) atoms. The van der Waals surface area contributed by atoms with Crippen LogP contribution in [0.15, 0.2) is 24.5 Å². The van der Waals surface area contributed by atoms with E-state index in [9.17, 15) is 13.6 Å². The predicted molar refractivity (Wildman–Crippen MR) is 64.3 cm³/mol. The second-order valence-electron chi connectivity index (χ2n) is 4.05. The fraction of sp³-hybridized carbons (Fsp3) is 0.250. The van der Waals surface area contributed by atoms with Gasteiger partial charge in [-0.05, 0) is 18.1 Å². The molecule has 0 unspecified atom stereocenters. The average Bonchev–Trinajstić information content (AvgIpc) is 2.74. The third-order valence-corrected chi connectivity index (χ3v) is 2.60. The van der Waals surface area contributed by atoms with Crippen molar-refractivity contribution in [3.63, 3.8) is 0 Å². The Morgan fingerprint density at radius 3 is 2.84 bits per heavy atom. The Balaban J connectivity index is 1.92. The number of rotatable bonds is 4. The zero-order valence-corrected chi connectivity index (χ0v) is 10.2. The van der Waals surface area contributed by atoms with Crippen molar-refractivity contribution in [2.45, 2.75) is 12.8 Å². The molecule has 0 radical (unpaired) electrons. The molecule has 0 atom stereocenters. The smallest absolute Gasteiger partial charge is 0.230 e. The summed E-state index contributed by atoms with van der Waals surface area (Å²) in [5.41, 5.74) is 0.300. The lowest BCUT2D eigenvalue weighted by molar-refractivity contribution is -0.116. The van der Waals surface area contributed by atoms with E-state index in [4.69, 9.17) is 0 Å². The van der Waals surface area contributed by atoms with E-state index in [0.29, 0.717) is 11.5 Å². The maximum atomic E-state index is 13.3. The first-order valence-electron chi connectivity index (χ1n) is 5.64. The molecule has 100 valence electrons. The lowest BCUT2D eigenvalue weighted by atomic mass is 10.1. The Morgan fingerprint density at radius 2 is 2.21 bits per heavy atom. The van der Waals surface area contributed by atoms with Gasteiger partial charge in [0.2, 0.25) is 11.9 Å². The number of hydrogen-bond donors (Lipinski definition) is 1. The first-order chi connectivity index (χ1) is 9.06. The van der Waals surface area contributed by atoms with Crippen LogP contribution in [0.2, 0.25) is 0 Å². The molecule has 0 spiro atoms. The molecule has 5 nitrogen and oxygen atoms in total. The fourth-order valence-electron chi connectivity index (χ4n) is 1.56. The molecule has 0 aliphatic rings. The van der Waals surface area contributed by atoms with E-state index in [1.807, 2.05) is 0 Å². The highest BCUT2D eigenvalue weighted by Crippen LogP contribution is 2.12. The summed E-state index contributed by atoms with van der Waals surface area (Å²) in [6.07, 6.45) is 1.72. The Labute approximate surface area is 108 Å². The minimum atomic E-state index is -0.647. The summed E-state index contributed by atoms with van der Waals surface area (Å²) in [6, 6.07) is 3.30. The van der Waals surface area contributed by atoms with Gasteiger partial charge in [-0.1, -0.05) is 6.07 Å². The van der Waals surface area contributed by atoms with Crippen molar-refractivity contribution in [1.29, 1.82) is 0 Å². The quantitative estimate of drug-likeness (QED) is 0.915. The summed E-state index contributed by atoms with van der Waals surface area (Å²) in [5.74, 6) is -1.26. The lowest BCUT2D eigenvalue weighted by Gasteiger charge is -2.05. The lowest BCUT2D eigenvalue weighted by Crippen LogP contribution is -2.15.